The quantitative estimate of drug-likeness (QED) is 0.216. The Labute approximate surface area is 285 Å². The van der Waals surface area contributed by atoms with E-state index in [4.69, 9.17) is 37.9 Å². The highest BCUT2D eigenvalue weighted by Crippen LogP contribution is 2.46. The van der Waals surface area contributed by atoms with Gasteiger partial charge in [-0.25, -0.2) is 4.68 Å². The summed E-state index contributed by atoms with van der Waals surface area (Å²) in [6.07, 6.45) is -3.82. The zero-order valence-corrected chi connectivity index (χ0v) is 27.8. The van der Waals surface area contributed by atoms with Crippen LogP contribution in [0.3, 0.4) is 0 Å². The van der Waals surface area contributed by atoms with Gasteiger partial charge in [0.2, 0.25) is 0 Å². The van der Waals surface area contributed by atoms with Crippen LogP contribution >= 0.6 is 0 Å². The average molecular weight is 674 g/mol. The topological polar surface area (TPSA) is 125 Å². The van der Waals surface area contributed by atoms with E-state index < -0.39 is 61.0 Å². The second kappa shape index (κ2) is 15.1. The van der Waals surface area contributed by atoms with Crippen LogP contribution in [0.2, 0.25) is 0 Å². The minimum Gasteiger partial charge on any atom is -0.394 e. The lowest BCUT2D eigenvalue weighted by Crippen LogP contribution is -2.58. The molecule has 4 aromatic rings. The predicted octanol–water partition coefficient (Wildman–Crippen LogP) is 4.49. The summed E-state index contributed by atoms with van der Waals surface area (Å²) in [5, 5.41) is 19.6. The molecule has 0 spiro atoms. The van der Waals surface area contributed by atoms with Crippen molar-refractivity contribution in [1.82, 2.24) is 15.0 Å². The molecule has 1 aromatic heterocycles. The first-order chi connectivity index (χ1) is 23.9. The zero-order valence-electron chi connectivity index (χ0n) is 27.8. The first-order valence-corrected chi connectivity index (χ1v) is 16.6. The smallest absolute Gasteiger partial charge is 0.190 e. The molecule has 0 bridgehead atoms. The van der Waals surface area contributed by atoms with Crippen LogP contribution in [0.5, 0.6) is 0 Å². The largest absolute Gasteiger partial charge is 0.394 e. The highest BCUT2D eigenvalue weighted by Gasteiger charge is 2.58. The second-order valence-electron chi connectivity index (χ2n) is 12.9. The van der Waals surface area contributed by atoms with Gasteiger partial charge in [0.15, 0.2) is 18.4 Å². The van der Waals surface area contributed by atoms with E-state index in [2.05, 4.69) is 10.3 Å². The maximum absolute atomic E-state index is 10.7. The maximum atomic E-state index is 10.7. The van der Waals surface area contributed by atoms with Crippen LogP contribution in [0.4, 0.5) is 0 Å². The summed E-state index contributed by atoms with van der Waals surface area (Å²) < 4.78 is 52.7. The summed E-state index contributed by atoms with van der Waals surface area (Å²) in [5.41, 5.74) is 3.55. The molecule has 12 heteroatoms. The summed E-state index contributed by atoms with van der Waals surface area (Å²) in [6, 6.07) is 28.9. The minimum absolute atomic E-state index is 0.273. The number of aliphatic hydroxyl groups excluding tert-OH is 1. The van der Waals surface area contributed by atoms with E-state index >= 15 is 0 Å². The van der Waals surface area contributed by atoms with Crippen molar-refractivity contribution < 1.29 is 43.0 Å². The van der Waals surface area contributed by atoms with Gasteiger partial charge in [0.05, 0.1) is 38.3 Å². The molecule has 4 heterocycles. The first-order valence-electron chi connectivity index (χ1n) is 16.6. The molecule has 0 amide bonds. The van der Waals surface area contributed by atoms with Gasteiger partial charge in [0.25, 0.3) is 0 Å². The molecule has 0 unspecified atom stereocenters. The molecule has 3 aromatic carbocycles. The van der Waals surface area contributed by atoms with Crippen molar-refractivity contribution in [1.29, 1.82) is 0 Å². The van der Waals surface area contributed by atoms with E-state index in [-0.39, 0.29) is 19.8 Å². The lowest BCUT2D eigenvalue weighted by Gasteiger charge is -2.45. The van der Waals surface area contributed by atoms with Crippen LogP contribution < -0.4 is 0 Å². The highest BCUT2D eigenvalue weighted by atomic mass is 16.8. The van der Waals surface area contributed by atoms with Gasteiger partial charge in [-0.2, -0.15) is 0 Å². The first kappa shape index (κ1) is 33.9. The number of hydrogen-bond donors (Lipinski definition) is 1. The van der Waals surface area contributed by atoms with Crippen LogP contribution in [0.1, 0.15) is 48.4 Å². The van der Waals surface area contributed by atoms with Crippen molar-refractivity contribution in [3.05, 3.63) is 120 Å². The second-order valence-corrected chi connectivity index (χ2v) is 12.9. The third-order valence-corrected chi connectivity index (χ3v) is 9.05. The fourth-order valence-electron chi connectivity index (χ4n) is 6.78. The highest BCUT2D eigenvalue weighted by molar-refractivity contribution is 5.17. The maximum Gasteiger partial charge on any atom is 0.190 e. The van der Waals surface area contributed by atoms with Gasteiger partial charge in [-0.1, -0.05) is 96.2 Å². The number of hydrogen-bond acceptors (Lipinski definition) is 11. The predicted molar refractivity (Wildman–Crippen MR) is 175 cm³/mol. The minimum atomic E-state index is -0.846. The van der Waals surface area contributed by atoms with Gasteiger partial charge in [-0.15, -0.1) is 5.10 Å². The molecule has 3 saturated heterocycles. The van der Waals surface area contributed by atoms with Gasteiger partial charge in [0.1, 0.15) is 42.7 Å². The van der Waals surface area contributed by atoms with E-state index in [1.807, 2.05) is 105 Å². The van der Waals surface area contributed by atoms with Crippen molar-refractivity contribution in [3.63, 3.8) is 0 Å². The van der Waals surface area contributed by atoms with E-state index in [1.54, 1.807) is 18.0 Å². The molecule has 260 valence electrons. The van der Waals surface area contributed by atoms with Crippen molar-refractivity contribution in [2.24, 2.45) is 0 Å². The molecule has 12 nitrogen and oxygen atoms in total. The Hall–Kier alpha value is -3.56. The molecular weight excluding hydrogens is 630 g/mol. The van der Waals surface area contributed by atoms with Gasteiger partial charge in [-0.3, -0.25) is 0 Å². The Morgan fingerprint density at radius 1 is 0.735 bits per heavy atom. The molecule has 0 saturated carbocycles. The number of aliphatic hydroxyl groups is 1. The number of ether oxygens (including phenoxy) is 8. The van der Waals surface area contributed by atoms with Gasteiger partial charge >= 0.3 is 0 Å². The third kappa shape index (κ3) is 7.48. The normalized spacial score (nSPS) is 30.7. The summed E-state index contributed by atoms with van der Waals surface area (Å²) >= 11 is 0. The monoisotopic (exact) mass is 673 g/mol. The van der Waals surface area contributed by atoms with E-state index in [0.29, 0.717) is 12.3 Å². The van der Waals surface area contributed by atoms with Crippen molar-refractivity contribution in [3.8, 4) is 0 Å². The summed E-state index contributed by atoms with van der Waals surface area (Å²) in [5.74, 6) is -0.846. The summed E-state index contributed by atoms with van der Waals surface area (Å²) in [6.45, 7) is 4.26. The van der Waals surface area contributed by atoms with Gasteiger partial charge in [-0.05, 0) is 30.5 Å². The lowest BCUT2D eigenvalue weighted by atomic mass is 9.94. The van der Waals surface area contributed by atoms with Gasteiger partial charge in [0, 0.05) is 7.11 Å². The number of rotatable bonds is 13. The number of nitrogens with zero attached hydrogens (tertiary/aromatic N) is 3. The average Bonchev–Trinajstić information content (AvgIpc) is 3.82. The lowest BCUT2D eigenvalue weighted by molar-refractivity contribution is -0.301. The molecule has 3 aliphatic heterocycles. The van der Waals surface area contributed by atoms with Crippen LogP contribution in [0, 0.1) is 0 Å². The fourth-order valence-corrected chi connectivity index (χ4v) is 6.78. The standard InChI is InChI=1S/C37H43N3O9/c1-37(2)48-34-32(44-22-25-15-9-5-10-16-25)30(47-36(34)49-37)27-19-38-39-40(27)29-28(20-41)46-35(42-3)33(45-23-26-17-11-6-12-18-26)31(29)43-21-24-13-7-4-8-14-24/h4-19,28-36,41H,20-23H2,1-3H3/t28-,29+,30-,31+,32-,33-,34-,35+,36-/m1/s1. The van der Waals surface area contributed by atoms with Crippen LogP contribution in [-0.2, 0) is 57.7 Å². The third-order valence-electron chi connectivity index (χ3n) is 9.05. The molecule has 0 radical (unpaired) electrons. The van der Waals surface area contributed by atoms with Crippen LogP contribution in [0.15, 0.2) is 97.2 Å². The molecular formula is C37H43N3O9. The number of methoxy groups -OCH3 is 1. The number of benzene rings is 3. The van der Waals surface area contributed by atoms with Crippen molar-refractivity contribution in [2.45, 2.75) is 94.7 Å². The Morgan fingerprint density at radius 2 is 1.29 bits per heavy atom. The van der Waals surface area contributed by atoms with Crippen LogP contribution in [0.25, 0.3) is 0 Å². The van der Waals surface area contributed by atoms with Crippen molar-refractivity contribution in [2.75, 3.05) is 13.7 Å². The summed E-state index contributed by atoms with van der Waals surface area (Å²) in [4.78, 5) is 0. The van der Waals surface area contributed by atoms with E-state index in [9.17, 15) is 5.11 Å². The number of fused-ring (bicyclic) bond motifs is 1. The molecule has 1 N–H and O–H groups in total. The van der Waals surface area contributed by atoms with E-state index in [0.717, 1.165) is 16.7 Å². The molecule has 3 aliphatic rings. The summed E-state index contributed by atoms with van der Waals surface area (Å²) in [7, 11) is 1.55. The molecule has 9 atom stereocenters. The van der Waals surface area contributed by atoms with Crippen molar-refractivity contribution >= 4 is 0 Å². The Bertz CT molecular complexity index is 1610. The van der Waals surface area contributed by atoms with Crippen LogP contribution in [-0.4, -0.2) is 82.7 Å². The Morgan fingerprint density at radius 3 is 1.84 bits per heavy atom. The zero-order chi connectivity index (χ0) is 33.8. The van der Waals surface area contributed by atoms with Gasteiger partial charge < -0.3 is 43.0 Å². The SMILES string of the molecule is CO[C@H]1O[C@H](CO)[C@H](n2nncc2[C@H]2O[C@@H]3OC(C)(C)O[C@@H]3[C@@H]2OCc2ccccc2)[C@H](OCc2ccccc2)[C@H]1OCc1ccccc1. The fraction of sp³-hybridized carbons (Fsp3) is 0.459. The Balaban J connectivity index is 1.23. The van der Waals surface area contributed by atoms with E-state index in [1.165, 1.54) is 0 Å². The molecule has 7 rings (SSSR count). The Kier molecular flexibility index (Phi) is 10.5. The number of aromatic nitrogens is 3. The molecule has 49 heavy (non-hydrogen) atoms. The molecule has 0 aliphatic carbocycles. The molecule has 3 fully saturated rings.